The van der Waals surface area contributed by atoms with Crippen LogP contribution in [0.4, 0.5) is 18.9 Å². The van der Waals surface area contributed by atoms with E-state index in [-0.39, 0.29) is 34.2 Å². The fourth-order valence-electron chi connectivity index (χ4n) is 3.14. The van der Waals surface area contributed by atoms with Gasteiger partial charge in [-0.25, -0.2) is 8.42 Å². The van der Waals surface area contributed by atoms with Crippen molar-refractivity contribution >= 4 is 21.6 Å². The first-order valence-electron chi connectivity index (χ1n) is 9.29. The molecule has 1 saturated heterocycles. The third-order valence-corrected chi connectivity index (χ3v) is 6.15. The molecule has 0 spiro atoms. The van der Waals surface area contributed by atoms with Gasteiger partial charge in [-0.1, -0.05) is 6.07 Å². The zero-order valence-electron chi connectivity index (χ0n) is 16.1. The highest BCUT2D eigenvalue weighted by Gasteiger charge is 2.31. The summed E-state index contributed by atoms with van der Waals surface area (Å²) in [6.07, 6.45) is -2.84. The van der Waals surface area contributed by atoms with Crippen LogP contribution in [0.1, 0.15) is 35.7 Å². The fraction of sp³-hybridized carbons (Fsp3) is 0.350. The molecule has 1 amide bonds. The Morgan fingerprint density at radius 1 is 1.17 bits per heavy atom. The van der Waals surface area contributed by atoms with Crippen LogP contribution in [-0.2, 0) is 20.9 Å². The Morgan fingerprint density at radius 3 is 2.47 bits per heavy atom. The summed E-state index contributed by atoms with van der Waals surface area (Å²) in [5.41, 5.74) is -0.912. The Bertz CT molecular complexity index is 1000. The van der Waals surface area contributed by atoms with Gasteiger partial charge in [-0.3, -0.25) is 9.52 Å². The molecule has 0 bridgehead atoms. The Kier molecular flexibility index (Phi) is 6.37. The first-order valence-corrected chi connectivity index (χ1v) is 10.8. The molecule has 0 aliphatic carbocycles. The van der Waals surface area contributed by atoms with Crippen molar-refractivity contribution in [2.75, 3.05) is 11.3 Å². The van der Waals surface area contributed by atoms with E-state index in [4.69, 9.17) is 4.74 Å². The lowest BCUT2D eigenvalue weighted by Crippen LogP contribution is -2.40. The van der Waals surface area contributed by atoms with E-state index < -0.39 is 21.8 Å². The van der Waals surface area contributed by atoms with Crippen molar-refractivity contribution in [3.63, 3.8) is 0 Å². The summed E-state index contributed by atoms with van der Waals surface area (Å²) in [5.74, 6) is -0.368. The summed E-state index contributed by atoms with van der Waals surface area (Å²) in [6, 6.07) is 8.85. The van der Waals surface area contributed by atoms with E-state index in [1.807, 2.05) is 6.92 Å². The van der Waals surface area contributed by atoms with Crippen LogP contribution in [0, 0.1) is 0 Å². The minimum atomic E-state index is -4.59. The van der Waals surface area contributed by atoms with Gasteiger partial charge in [0.1, 0.15) is 0 Å². The van der Waals surface area contributed by atoms with Crippen molar-refractivity contribution in [1.29, 1.82) is 0 Å². The molecule has 10 heteroatoms. The third-order valence-electron chi connectivity index (χ3n) is 4.75. The van der Waals surface area contributed by atoms with Crippen molar-refractivity contribution in [3.05, 3.63) is 59.7 Å². The van der Waals surface area contributed by atoms with Gasteiger partial charge >= 0.3 is 6.18 Å². The Hall–Kier alpha value is -2.59. The second-order valence-corrected chi connectivity index (χ2v) is 8.70. The molecule has 162 valence electrons. The number of carbonyl (C=O) groups is 1. The Morgan fingerprint density at radius 2 is 1.87 bits per heavy atom. The smallest absolute Gasteiger partial charge is 0.376 e. The maximum absolute atomic E-state index is 12.8. The molecule has 0 unspecified atom stereocenters. The molecule has 0 aromatic heterocycles. The number of nitrogens with one attached hydrogen (secondary N) is 2. The number of amides is 1. The number of sulfonamides is 1. The summed E-state index contributed by atoms with van der Waals surface area (Å²) in [6.45, 7) is 2.50. The molecule has 2 aromatic rings. The monoisotopic (exact) mass is 442 g/mol. The standard InChI is InChI=1S/C20H21F3N2O4S/c1-13(18-6-3-11-29-18)24-19(26)14-7-9-17(10-8-14)30(27,28)25-16-5-2-4-15(12-16)20(21,22)23/h2,4-5,7-10,12-13,18,25H,3,6,11H2,1H3,(H,24,26)/t13-,18+/m1/s1. The molecule has 0 radical (unpaired) electrons. The van der Waals surface area contributed by atoms with E-state index in [2.05, 4.69) is 10.0 Å². The second-order valence-electron chi connectivity index (χ2n) is 7.02. The highest BCUT2D eigenvalue weighted by atomic mass is 32.2. The van der Waals surface area contributed by atoms with Crippen LogP contribution in [0.15, 0.2) is 53.4 Å². The largest absolute Gasteiger partial charge is 0.416 e. The maximum Gasteiger partial charge on any atom is 0.416 e. The van der Waals surface area contributed by atoms with Crippen molar-refractivity contribution in [2.24, 2.45) is 0 Å². The molecule has 1 aliphatic heterocycles. The Balaban J connectivity index is 1.69. The van der Waals surface area contributed by atoms with Gasteiger partial charge in [0, 0.05) is 17.9 Å². The number of ether oxygens (including phenoxy) is 1. The molecular weight excluding hydrogens is 421 g/mol. The number of halogens is 3. The van der Waals surface area contributed by atoms with E-state index in [0.717, 1.165) is 25.0 Å². The normalized spacial score (nSPS) is 18.1. The van der Waals surface area contributed by atoms with Crippen molar-refractivity contribution in [2.45, 2.75) is 43.0 Å². The second kappa shape index (κ2) is 8.65. The highest BCUT2D eigenvalue weighted by molar-refractivity contribution is 7.92. The van der Waals surface area contributed by atoms with Crippen molar-refractivity contribution < 1.29 is 31.1 Å². The van der Waals surface area contributed by atoms with Crippen LogP contribution in [-0.4, -0.2) is 33.1 Å². The lowest BCUT2D eigenvalue weighted by Gasteiger charge is -2.20. The summed E-state index contributed by atoms with van der Waals surface area (Å²) in [7, 11) is -4.12. The van der Waals surface area contributed by atoms with Crippen LogP contribution in [0.3, 0.4) is 0 Å². The van der Waals surface area contributed by atoms with Crippen LogP contribution < -0.4 is 10.0 Å². The van der Waals surface area contributed by atoms with Crippen molar-refractivity contribution in [1.82, 2.24) is 5.32 Å². The van der Waals surface area contributed by atoms with Crippen LogP contribution >= 0.6 is 0 Å². The van der Waals surface area contributed by atoms with Gasteiger partial charge in [-0.05, 0) is 62.2 Å². The Labute approximate surface area is 172 Å². The average Bonchev–Trinajstić information content (AvgIpc) is 3.22. The molecule has 1 heterocycles. The predicted molar refractivity (Wildman–Crippen MR) is 105 cm³/mol. The van der Waals surface area contributed by atoms with Gasteiger partial charge in [-0.15, -0.1) is 0 Å². The number of alkyl halides is 3. The van der Waals surface area contributed by atoms with E-state index in [1.165, 1.54) is 30.3 Å². The van der Waals surface area contributed by atoms with Crippen molar-refractivity contribution in [3.8, 4) is 0 Å². The minimum Gasteiger partial charge on any atom is -0.376 e. The van der Waals surface area contributed by atoms with E-state index >= 15 is 0 Å². The number of hydrogen-bond acceptors (Lipinski definition) is 4. The average molecular weight is 442 g/mol. The van der Waals surface area contributed by atoms with Crippen LogP contribution in [0.2, 0.25) is 0 Å². The van der Waals surface area contributed by atoms with Crippen LogP contribution in [0.25, 0.3) is 0 Å². The molecule has 0 saturated carbocycles. The van der Waals surface area contributed by atoms with Gasteiger partial charge < -0.3 is 10.1 Å². The topological polar surface area (TPSA) is 84.5 Å². The molecule has 2 aromatic carbocycles. The van der Waals surface area contributed by atoms with Crippen LogP contribution in [0.5, 0.6) is 0 Å². The molecule has 30 heavy (non-hydrogen) atoms. The molecule has 1 fully saturated rings. The summed E-state index contributed by atoms with van der Waals surface area (Å²) < 4.78 is 71.1. The van der Waals surface area contributed by atoms with E-state index in [9.17, 15) is 26.4 Å². The predicted octanol–water partition coefficient (Wildman–Crippen LogP) is 3.80. The number of benzene rings is 2. The number of rotatable bonds is 6. The third kappa shape index (κ3) is 5.31. The summed E-state index contributed by atoms with van der Waals surface area (Å²) in [4.78, 5) is 12.2. The van der Waals surface area contributed by atoms with Gasteiger partial charge in [-0.2, -0.15) is 13.2 Å². The lowest BCUT2D eigenvalue weighted by atomic mass is 10.1. The first kappa shape index (κ1) is 22.1. The van der Waals surface area contributed by atoms with Gasteiger partial charge in [0.25, 0.3) is 15.9 Å². The maximum atomic E-state index is 12.8. The minimum absolute atomic E-state index is 0.0507. The summed E-state index contributed by atoms with van der Waals surface area (Å²) >= 11 is 0. The SMILES string of the molecule is C[C@@H](NC(=O)c1ccc(S(=O)(=O)Nc2cccc(C(F)(F)F)c2)cc1)[C@@H]1CCCO1. The number of carbonyl (C=O) groups excluding carboxylic acids is 1. The van der Waals surface area contributed by atoms with E-state index in [1.54, 1.807) is 0 Å². The molecule has 6 nitrogen and oxygen atoms in total. The quantitative estimate of drug-likeness (QED) is 0.713. The highest BCUT2D eigenvalue weighted by Crippen LogP contribution is 2.31. The fourth-order valence-corrected chi connectivity index (χ4v) is 4.19. The van der Waals surface area contributed by atoms with Gasteiger partial charge in [0.05, 0.1) is 22.6 Å². The molecule has 3 rings (SSSR count). The van der Waals surface area contributed by atoms with Gasteiger partial charge in [0.15, 0.2) is 0 Å². The van der Waals surface area contributed by atoms with Gasteiger partial charge in [0.2, 0.25) is 0 Å². The number of anilines is 1. The summed E-state index contributed by atoms with van der Waals surface area (Å²) in [5, 5.41) is 2.82. The molecule has 1 aliphatic rings. The molecule has 2 N–H and O–H groups in total. The zero-order valence-corrected chi connectivity index (χ0v) is 16.9. The molecule has 2 atom stereocenters. The zero-order chi connectivity index (χ0) is 21.9. The number of hydrogen-bond donors (Lipinski definition) is 2. The first-order chi connectivity index (χ1) is 14.1. The lowest BCUT2D eigenvalue weighted by molar-refractivity contribution is -0.137. The molecular formula is C20H21F3N2O4S. The van der Waals surface area contributed by atoms with E-state index in [0.29, 0.717) is 12.7 Å².